The number of nitro benzene ring substituents is 1. The van der Waals surface area contributed by atoms with Gasteiger partial charge < -0.3 is 5.32 Å². The van der Waals surface area contributed by atoms with E-state index in [1.807, 2.05) is 6.07 Å². The number of nitriles is 1. The van der Waals surface area contributed by atoms with Crippen LogP contribution in [0.15, 0.2) is 52.3 Å². The summed E-state index contributed by atoms with van der Waals surface area (Å²) < 4.78 is 0. The SMILES string of the molecule is N#C/C(=C\c1ccc(Sc2ncccn2)c([N+](=O)[O-])c1)C(=O)NC1CCCCC1. The molecule has 0 aliphatic heterocycles. The van der Waals surface area contributed by atoms with Gasteiger partial charge in [0.2, 0.25) is 0 Å². The van der Waals surface area contributed by atoms with Gasteiger partial charge in [0.1, 0.15) is 11.6 Å². The van der Waals surface area contributed by atoms with Crippen LogP contribution in [0.3, 0.4) is 0 Å². The second-order valence-electron chi connectivity index (χ2n) is 6.60. The number of benzene rings is 1. The smallest absolute Gasteiger partial charge is 0.283 e. The minimum atomic E-state index is -0.503. The highest BCUT2D eigenvalue weighted by Crippen LogP contribution is 2.34. The second kappa shape index (κ2) is 9.80. The Morgan fingerprint density at radius 3 is 2.66 bits per heavy atom. The van der Waals surface area contributed by atoms with Crippen LogP contribution in [0.1, 0.15) is 37.7 Å². The van der Waals surface area contributed by atoms with Crippen molar-refractivity contribution in [3.05, 3.63) is 57.9 Å². The molecule has 0 saturated heterocycles. The van der Waals surface area contributed by atoms with Crippen molar-refractivity contribution in [1.29, 1.82) is 5.26 Å². The number of carbonyl (C=O) groups excluding carboxylic acids is 1. The normalized spacial score (nSPS) is 14.8. The minimum Gasteiger partial charge on any atom is -0.349 e. The lowest BCUT2D eigenvalue weighted by atomic mass is 9.95. The first-order valence-corrected chi connectivity index (χ1v) is 10.0. The molecule has 1 aromatic carbocycles. The Kier molecular flexibility index (Phi) is 6.92. The van der Waals surface area contributed by atoms with E-state index in [2.05, 4.69) is 15.3 Å². The molecule has 3 rings (SSSR count). The average Bonchev–Trinajstić information content (AvgIpc) is 2.74. The standard InChI is InChI=1S/C20H19N5O3S/c21-13-15(19(26)24-16-5-2-1-3-6-16)11-14-7-8-18(17(12-14)25(27)28)29-20-22-9-4-10-23-20/h4,7-12,16H,1-3,5-6H2,(H,24,26)/b15-11+. The van der Waals surface area contributed by atoms with Crippen LogP contribution in [0.25, 0.3) is 6.08 Å². The van der Waals surface area contributed by atoms with E-state index in [9.17, 15) is 20.2 Å². The Bertz CT molecular complexity index is 966. The van der Waals surface area contributed by atoms with Crippen molar-refractivity contribution in [2.24, 2.45) is 0 Å². The molecule has 1 aromatic heterocycles. The number of carbonyl (C=O) groups is 1. The fourth-order valence-corrected chi connectivity index (χ4v) is 3.91. The van der Waals surface area contributed by atoms with Crippen LogP contribution in [0.4, 0.5) is 5.69 Å². The van der Waals surface area contributed by atoms with Crippen LogP contribution in [0, 0.1) is 21.4 Å². The van der Waals surface area contributed by atoms with Gasteiger partial charge in [0.05, 0.1) is 9.82 Å². The molecular weight excluding hydrogens is 390 g/mol. The highest BCUT2D eigenvalue weighted by Gasteiger charge is 2.20. The molecule has 1 aliphatic carbocycles. The van der Waals surface area contributed by atoms with E-state index in [1.54, 1.807) is 30.6 Å². The Labute approximate surface area is 172 Å². The molecule has 0 bridgehead atoms. The van der Waals surface area contributed by atoms with Crippen LogP contribution < -0.4 is 5.32 Å². The van der Waals surface area contributed by atoms with Gasteiger partial charge in [-0.05, 0) is 48.4 Å². The van der Waals surface area contributed by atoms with Crippen molar-refractivity contribution in [3.8, 4) is 6.07 Å². The van der Waals surface area contributed by atoms with Gasteiger partial charge in [-0.25, -0.2) is 9.97 Å². The summed E-state index contributed by atoms with van der Waals surface area (Å²) in [4.78, 5) is 31.9. The third-order valence-corrected chi connectivity index (χ3v) is 5.50. The van der Waals surface area contributed by atoms with Gasteiger partial charge in [-0.15, -0.1) is 0 Å². The first kappa shape index (κ1) is 20.5. The highest BCUT2D eigenvalue weighted by molar-refractivity contribution is 7.99. The minimum absolute atomic E-state index is 0.0725. The van der Waals surface area contributed by atoms with Crippen LogP contribution >= 0.6 is 11.8 Å². The van der Waals surface area contributed by atoms with Gasteiger partial charge in [-0.2, -0.15) is 5.26 Å². The molecule has 29 heavy (non-hydrogen) atoms. The zero-order chi connectivity index (χ0) is 20.6. The Hall–Kier alpha value is -3.25. The molecule has 0 radical (unpaired) electrons. The van der Waals surface area contributed by atoms with Gasteiger partial charge in [0.25, 0.3) is 11.6 Å². The molecule has 1 fully saturated rings. The maximum atomic E-state index is 12.4. The third-order valence-electron chi connectivity index (χ3n) is 4.54. The molecular formula is C20H19N5O3S. The molecule has 8 nitrogen and oxygen atoms in total. The zero-order valence-corrected chi connectivity index (χ0v) is 16.4. The lowest BCUT2D eigenvalue weighted by molar-refractivity contribution is -0.387. The average molecular weight is 409 g/mol. The van der Waals surface area contributed by atoms with Gasteiger partial charge in [0.15, 0.2) is 5.16 Å². The van der Waals surface area contributed by atoms with E-state index in [1.165, 1.54) is 12.1 Å². The molecule has 1 aliphatic rings. The summed E-state index contributed by atoms with van der Waals surface area (Å²) in [5, 5.41) is 24.2. The van der Waals surface area contributed by atoms with E-state index in [4.69, 9.17) is 0 Å². The number of rotatable bonds is 6. The summed E-state index contributed by atoms with van der Waals surface area (Å²) in [7, 11) is 0. The third kappa shape index (κ3) is 5.62. The van der Waals surface area contributed by atoms with E-state index in [0.717, 1.165) is 43.9 Å². The summed E-state index contributed by atoms with van der Waals surface area (Å²) in [6, 6.07) is 8.17. The summed E-state index contributed by atoms with van der Waals surface area (Å²) in [6.45, 7) is 0. The fourth-order valence-electron chi connectivity index (χ4n) is 3.11. The van der Waals surface area contributed by atoms with Crippen molar-refractivity contribution < 1.29 is 9.72 Å². The van der Waals surface area contributed by atoms with E-state index in [-0.39, 0.29) is 17.3 Å². The van der Waals surface area contributed by atoms with Crippen molar-refractivity contribution >= 4 is 29.4 Å². The van der Waals surface area contributed by atoms with Crippen LogP contribution in [-0.2, 0) is 4.79 Å². The monoisotopic (exact) mass is 409 g/mol. The first-order chi connectivity index (χ1) is 14.1. The fraction of sp³-hybridized carbons (Fsp3) is 0.300. The number of hydrogen-bond acceptors (Lipinski definition) is 7. The van der Waals surface area contributed by atoms with Gasteiger partial charge in [0, 0.05) is 24.5 Å². The predicted molar refractivity (Wildman–Crippen MR) is 108 cm³/mol. The zero-order valence-electron chi connectivity index (χ0n) is 15.6. The largest absolute Gasteiger partial charge is 0.349 e. The maximum absolute atomic E-state index is 12.4. The number of nitrogens with zero attached hydrogens (tertiary/aromatic N) is 4. The van der Waals surface area contributed by atoms with Crippen molar-refractivity contribution in [3.63, 3.8) is 0 Å². The Morgan fingerprint density at radius 2 is 2.00 bits per heavy atom. The van der Waals surface area contributed by atoms with Crippen LogP contribution in [-0.4, -0.2) is 26.8 Å². The summed E-state index contributed by atoms with van der Waals surface area (Å²) >= 11 is 1.08. The van der Waals surface area contributed by atoms with Crippen molar-refractivity contribution in [2.45, 2.75) is 48.2 Å². The number of nitro groups is 1. The van der Waals surface area contributed by atoms with Crippen molar-refractivity contribution in [1.82, 2.24) is 15.3 Å². The molecule has 0 spiro atoms. The van der Waals surface area contributed by atoms with Gasteiger partial charge in [-0.1, -0.05) is 25.3 Å². The van der Waals surface area contributed by atoms with Crippen molar-refractivity contribution in [2.75, 3.05) is 0 Å². The molecule has 0 atom stereocenters. The highest BCUT2D eigenvalue weighted by atomic mass is 32.2. The number of amides is 1. The molecule has 2 aromatic rings. The van der Waals surface area contributed by atoms with E-state index >= 15 is 0 Å². The number of hydrogen-bond donors (Lipinski definition) is 1. The topological polar surface area (TPSA) is 122 Å². The number of nitrogens with one attached hydrogen (secondary N) is 1. The molecule has 0 unspecified atom stereocenters. The Morgan fingerprint density at radius 1 is 1.28 bits per heavy atom. The van der Waals surface area contributed by atoms with Crippen LogP contribution in [0.5, 0.6) is 0 Å². The molecule has 1 saturated carbocycles. The molecule has 9 heteroatoms. The molecule has 1 amide bonds. The number of aromatic nitrogens is 2. The summed E-state index contributed by atoms with van der Waals surface area (Å²) in [5.74, 6) is -0.446. The lowest BCUT2D eigenvalue weighted by Crippen LogP contribution is -2.36. The van der Waals surface area contributed by atoms with Gasteiger partial charge in [-0.3, -0.25) is 14.9 Å². The molecule has 1 heterocycles. The summed E-state index contributed by atoms with van der Waals surface area (Å²) in [6.07, 6.45) is 9.59. The molecule has 1 N–H and O–H groups in total. The lowest BCUT2D eigenvalue weighted by Gasteiger charge is -2.22. The maximum Gasteiger partial charge on any atom is 0.283 e. The summed E-state index contributed by atoms with van der Waals surface area (Å²) in [5.41, 5.74) is 0.197. The quantitative estimate of drug-likeness (QED) is 0.252. The van der Waals surface area contributed by atoms with Gasteiger partial charge >= 0.3 is 0 Å². The van der Waals surface area contributed by atoms with E-state index < -0.39 is 10.8 Å². The van der Waals surface area contributed by atoms with E-state index in [0.29, 0.717) is 15.6 Å². The predicted octanol–water partition coefficient (Wildman–Crippen LogP) is 3.89. The molecule has 148 valence electrons. The Balaban J connectivity index is 1.81. The second-order valence-corrected chi connectivity index (χ2v) is 7.61. The van der Waals surface area contributed by atoms with Crippen LogP contribution in [0.2, 0.25) is 0 Å². The first-order valence-electron chi connectivity index (χ1n) is 9.23.